The number of aromatic nitrogens is 1. The van der Waals surface area contributed by atoms with Crippen LogP contribution < -0.4 is 10.2 Å². The Morgan fingerprint density at radius 1 is 1.29 bits per heavy atom. The van der Waals surface area contributed by atoms with Gasteiger partial charge in [-0.25, -0.2) is 4.98 Å². The zero-order valence-corrected chi connectivity index (χ0v) is 14.5. The fraction of sp³-hybridized carbons (Fsp3) is 0.722. The molecule has 3 nitrogen and oxygen atoms in total. The molecule has 21 heavy (non-hydrogen) atoms. The molecule has 3 heteroatoms. The summed E-state index contributed by atoms with van der Waals surface area (Å²) in [5.41, 5.74) is 2.54. The van der Waals surface area contributed by atoms with Crippen LogP contribution in [0.25, 0.3) is 0 Å². The smallest absolute Gasteiger partial charge is 0.128 e. The van der Waals surface area contributed by atoms with Gasteiger partial charge in [0.1, 0.15) is 5.82 Å². The highest BCUT2D eigenvalue weighted by molar-refractivity contribution is 5.43. The molecule has 1 aliphatic carbocycles. The molecule has 2 unspecified atom stereocenters. The summed E-state index contributed by atoms with van der Waals surface area (Å²) in [6.07, 6.45) is 1.37. The Bertz CT molecular complexity index is 468. The van der Waals surface area contributed by atoms with Crippen LogP contribution >= 0.6 is 0 Å². The lowest BCUT2D eigenvalue weighted by atomic mass is 10.1. The van der Waals surface area contributed by atoms with Gasteiger partial charge < -0.3 is 10.2 Å². The fourth-order valence-electron chi connectivity index (χ4n) is 2.61. The van der Waals surface area contributed by atoms with E-state index in [1.165, 1.54) is 17.7 Å². The number of hydrogen-bond donors (Lipinski definition) is 1. The average molecular weight is 289 g/mol. The summed E-state index contributed by atoms with van der Waals surface area (Å²) in [7, 11) is 2.18. The van der Waals surface area contributed by atoms with Crippen molar-refractivity contribution in [3.8, 4) is 0 Å². The second kappa shape index (κ2) is 6.78. The number of anilines is 1. The van der Waals surface area contributed by atoms with Gasteiger partial charge in [0.05, 0.1) is 0 Å². The van der Waals surface area contributed by atoms with Gasteiger partial charge in [-0.3, -0.25) is 0 Å². The summed E-state index contributed by atoms with van der Waals surface area (Å²) < 4.78 is 0. The summed E-state index contributed by atoms with van der Waals surface area (Å²) in [6, 6.07) is 5.00. The third kappa shape index (κ3) is 4.70. The molecule has 1 aromatic heterocycles. The minimum Gasteiger partial charge on any atom is -0.359 e. The van der Waals surface area contributed by atoms with E-state index in [4.69, 9.17) is 4.98 Å². The Labute approximate surface area is 130 Å². The molecular formula is C18H31N3. The van der Waals surface area contributed by atoms with E-state index in [-0.39, 0.29) is 0 Å². The van der Waals surface area contributed by atoms with Crippen molar-refractivity contribution in [2.45, 2.75) is 59.5 Å². The first kappa shape index (κ1) is 16.3. The maximum absolute atomic E-state index is 4.86. The van der Waals surface area contributed by atoms with E-state index >= 15 is 0 Å². The topological polar surface area (TPSA) is 28.2 Å². The number of rotatable bonds is 7. The Balaban J connectivity index is 2.14. The third-order valence-corrected chi connectivity index (χ3v) is 4.37. The first-order valence-electron chi connectivity index (χ1n) is 8.32. The van der Waals surface area contributed by atoms with Crippen LogP contribution in [-0.4, -0.2) is 24.6 Å². The molecule has 1 aromatic rings. The summed E-state index contributed by atoms with van der Waals surface area (Å²) in [6.45, 7) is 13.2. The van der Waals surface area contributed by atoms with Crippen LogP contribution in [0.1, 0.15) is 58.2 Å². The van der Waals surface area contributed by atoms with Crippen LogP contribution in [0.3, 0.4) is 0 Å². The molecule has 1 N–H and O–H groups in total. The molecule has 0 spiro atoms. The summed E-state index contributed by atoms with van der Waals surface area (Å²) >= 11 is 0. The Hall–Kier alpha value is -1.09. The van der Waals surface area contributed by atoms with Crippen LogP contribution in [0, 0.1) is 11.8 Å². The zero-order chi connectivity index (χ0) is 15.6. The van der Waals surface area contributed by atoms with Crippen molar-refractivity contribution < 1.29 is 0 Å². The zero-order valence-electron chi connectivity index (χ0n) is 14.5. The molecule has 1 fully saturated rings. The van der Waals surface area contributed by atoms with Gasteiger partial charge in [-0.2, -0.15) is 0 Å². The number of nitrogens with one attached hydrogen (secondary N) is 1. The van der Waals surface area contributed by atoms with Crippen molar-refractivity contribution in [3.05, 3.63) is 23.4 Å². The predicted molar refractivity (Wildman–Crippen MR) is 90.8 cm³/mol. The molecule has 118 valence electrons. The Kier molecular flexibility index (Phi) is 5.26. The molecule has 0 aliphatic heterocycles. The van der Waals surface area contributed by atoms with Gasteiger partial charge in [0.25, 0.3) is 0 Å². The minimum atomic E-state index is 0.469. The molecule has 0 radical (unpaired) electrons. The van der Waals surface area contributed by atoms with Crippen molar-refractivity contribution in [1.29, 1.82) is 0 Å². The van der Waals surface area contributed by atoms with Gasteiger partial charge in [-0.05, 0) is 41.9 Å². The van der Waals surface area contributed by atoms with E-state index in [1.54, 1.807) is 0 Å². The molecular weight excluding hydrogens is 258 g/mol. The maximum Gasteiger partial charge on any atom is 0.128 e. The molecule has 0 saturated heterocycles. The lowest BCUT2D eigenvalue weighted by Gasteiger charge is -2.21. The van der Waals surface area contributed by atoms with Gasteiger partial charge in [0.2, 0.25) is 0 Å². The molecule has 1 saturated carbocycles. The third-order valence-electron chi connectivity index (χ3n) is 4.37. The van der Waals surface area contributed by atoms with Gasteiger partial charge in [0, 0.05) is 31.9 Å². The molecule has 1 aliphatic rings. The van der Waals surface area contributed by atoms with E-state index in [1.807, 2.05) is 0 Å². The van der Waals surface area contributed by atoms with Crippen LogP contribution in [0.2, 0.25) is 0 Å². The van der Waals surface area contributed by atoms with Gasteiger partial charge in [0.15, 0.2) is 0 Å². The first-order chi connectivity index (χ1) is 9.86. The second-order valence-electron chi connectivity index (χ2n) is 7.30. The largest absolute Gasteiger partial charge is 0.359 e. The molecule has 2 rings (SSSR count). The SMILES string of the molecule is CC(C)NCc1cc(C(C)C)nc(N(C)CC2CC2C)c1. The molecule has 2 atom stereocenters. The predicted octanol–water partition coefficient (Wildman–Crippen LogP) is 3.80. The number of nitrogens with zero attached hydrogens (tertiary/aromatic N) is 2. The van der Waals surface area contributed by atoms with Gasteiger partial charge in [-0.15, -0.1) is 0 Å². The fourth-order valence-corrected chi connectivity index (χ4v) is 2.61. The van der Waals surface area contributed by atoms with Gasteiger partial charge >= 0.3 is 0 Å². The van der Waals surface area contributed by atoms with Crippen LogP contribution in [0.4, 0.5) is 5.82 Å². The quantitative estimate of drug-likeness (QED) is 0.827. The number of pyridine rings is 1. The van der Waals surface area contributed by atoms with Crippen LogP contribution in [0.5, 0.6) is 0 Å². The van der Waals surface area contributed by atoms with E-state index in [2.05, 4.69) is 64.0 Å². The Morgan fingerprint density at radius 2 is 1.95 bits per heavy atom. The lowest BCUT2D eigenvalue weighted by molar-refractivity contribution is 0.587. The van der Waals surface area contributed by atoms with E-state index in [0.29, 0.717) is 12.0 Å². The highest BCUT2D eigenvalue weighted by atomic mass is 15.2. The summed E-state index contributed by atoms with van der Waals surface area (Å²) in [5.74, 6) is 3.34. The van der Waals surface area contributed by atoms with Crippen molar-refractivity contribution >= 4 is 5.82 Å². The van der Waals surface area contributed by atoms with E-state index < -0.39 is 0 Å². The second-order valence-corrected chi connectivity index (χ2v) is 7.30. The summed E-state index contributed by atoms with van der Waals surface area (Å²) in [5, 5.41) is 3.51. The maximum atomic E-state index is 4.86. The molecule has 0 aromatic carbocycles. The Morgan fingerprint density at radius 3 is 2.48 bits per heavy atom. The first-order valence-corrected chi connectivity index (χ1v) is 8.32. The summed E-state index contributed by atoms with van der Waals surface area (Å²) in [4.78, 5) is 7.20. The highest BCUT2D eigenvalue weighted by Crippen LogP contribution is 2.38. The van der Waals surface area contributed by atoms with Gasteiger partial charge in [-0.1, -0.05) is 34.6 Å². The van der Waals surface area contributed by atoms with Crippen molar-refractivity contribution in [3.63, 3.8) is 0 Å². The standard InChI is InChI=1S/C18H31N3/c1-12(2)17-8-15(10-19-13(3)4)9-18(20-17)21(6)11-16-7-14(16)5/h8-9,12-14,16,19H,7,10-11H2,1-6H3. The van der Waals surface area contributed by atoms with Crippen LogP contribution in [0.15, 0.2) is 12.1 Å². The van der Waals surface area contributed by atoms with Crippen molar-refractivity contribution in [2.24, 2.45) is 11.8 Å². The van der Waals surface area contributed by atoms with E-state index in [9.17, 15) is 0 Å². The van der Waals surface area contributed by atoms with Crippen molar-refractivity contribution in [1.82, 2.24) is 10.3 Å². The average Bonchev–Trinajstić information content (AvgIpc) is 3.11. The molecule has 1 heterocycles. The molecule has 0 amide bonds. The van der Waals surface area contributed by atoms with Crippen LogP contribution in [-0.2, 0) is 6.54 Å². The lowest BCUT2D eigenvalue weighted by Crippen LogP contribution is -2.24. The van der Waals surface area contributed by atoms with E-state index in [0.717, 1.165) is 30.7 Å². The molecule has 0 bridgehead atoms. The van der Waals surface area contributed by atoms with Crippen molar-refractivity contribution in [2.75, 3.05) is 18.5 Å². The number of hydrogen-bond acceptors (Lipinski definition) is 3. The highest BCUT2D eigenvalue weighted by Gasteiger charge is 2.33. The minimum absolute atomic E-state index is 0.469. The normalized spacial score (nSPS) is 21.1. The monoisotopic (exact) mass is 289 g/mol.